The van der Waals surface area contributed by atoms with Crippen LogP contribution in [0.3, 0.4) is 0 Å². The Kier molecular flexibility index (Phi) is 3.37. The molecule has 104 valence electrons. The highest BCUT2D eigenvalue weighted by Gasteiger charge is 2.50. The molecule has 2 unspecified atom stereocenters. The normalized spacial score (nSPS) is 33.9. The molecule has 2 fully saturated rings. The molecule has 2 bridgehead atoms. The summed E-state index contributed by atoms with van der Waals surface area (Å²) < 4.78 is 0. The van der Waals surface area contributed by atoms with Crippen molar-refractivity contribution in [3.05, 3.63) is 0 Å². The maximum atomic E-state index is 12.3. The Bertz CT molecular complexity index is 337. The molecule has 3 nitrogen and oxygen atoms in total. The number of carbonyl (C=O) groups is 1. The van der Waals surface area contributed by atoms with Crippen molar-refractivity contribution in [2.75, 3.05) is 13.1 Å². The summed E-state index contributed by atoms with van der Waals surface area (Å²) in [6.07, 6.45) is 3.58. The van der Waals surface area contributed by atoms with Crippen molar-refractivity contribution in [3.8, 4) is 0 Å². The van der Waals surface area contributed by atoms with Gasteiger partial charge < -0.3 is 10.2 Å². The van der Waals surface area contributed by atoms with Crippen molar-refractivity contribution in [1.82, 2.24) is 10.2 Å². The summed E-state index contributed by atoms with van der Waals surface area (Å²) in [5.41, 5.74) is 0.715. The van der Waals surface area contributed by atoms with Crippen LogP contribution in [0, 0.1) is 16.7 Å². The van der Waals surface area contributed by atoms with Gasteiger partial charge in [0.2, 0.25) is 0 Å². The molecule has 1 aliphatic heterocycles. The maximum absolute atomic E-state index is 12.3. The zero-order valence-corrected chi connectivity index (χ0v) is 12.5. The van der Waals surface area contributed by atoms with Crippen LogP contribution < -0.4 is 5.32 Å². The first-order valence-electron chi connectivity index (χ1n) is 7.25. The van der Waals surface area contributed by atoms with E-state index in [9.17, 15) is 4.79 Å². The molecule has 3 heteroatoms. The number of amides is 2. The number of rotatable bonds is 2. The van der Waals surface area contributed by atoms with Crippen LogP contribution in [-0.2, 0) is 0 Å². The summed E-state index contributed by atoms with van der Waals surface area (Å²) in [6, 6.07) is 0.598. The molecular formula is C15H28N2O. The van der Waals surface area contributed by atoms with Gasteiger partial charge in [0.1, 0.15) is 0 Å². The van der Waals surface area contributed by atoms with Gasteiger partial charge in [0.05, 0.1) is 0 Å². The third-order valence-electron chi connectivity index (χ3n) is 4.34. The standard InChI is InChI=1S/C15H28N2O/c1-11(2)8-16-13(18)17-10-15(5)7-12(17)6-14(3,4)9-15/h11-12H,6-10H2,1-5H3,(H,16,18). The Labute approximate surface area is 111 Å². The zero-order valence-electron chi connectivity index (χ0n) is 12.5. The van der Waals surface area contributed by atoms with E-state index in [1.807, 2.05) is 0 Å². The predicted molar refractivity (Wildman–Crippen MR) is 74.5 cm³/mol. The summed E-state index contributed by atoms with van der Waals surface area (Å²) in [7, 11) is 0. The first-order chi connectivity index (χ1) is 8.21. The fourth-order valence-corrected chi connectivity index (χ4v) is 4.09. The van der Waals surface area contributed by atoms with Gasteiger partial charge in [-0.2, -0.15) is 0 Å². The molecule has 0 aromatic rings. The highest BCUT2D eigenvalue weighted by Crippen LogP contribution is 2.52. The molecule has 1 aliphatic carbocycles. The number of likely N-dealkylation sites (tertiary alicyclic amines) is 1. The van der Waals surface area contributed by atoms with Crippen LogP contribution in [0.15, 0.2) is 0 Å². The molecule has 1 heterocycles. The lowest BCUT2D eigenvalue weighted by Gasteiger charge is -2.39. The molecule has 0 radical (unpaired) electrons. The number of fused-ring (bicyclic) bond motifs is 2. The largest absolute Gasteiger partial charge is 0.338 e. The summed E-state index contributed by atoms with van der Waals surface area (Å²) in [5.74, 6) is 0.517. The van der Waals surface area contributed by atoms with Crippen LogP contribution in [0.5, 0.6) is 0 Å². The van der Waals surface area contributed by atoms with E-state index in [0.717, 1.165) is 19.5 Å². The second-order valence-electron chi connectivity index (χ2n) is 7.92. The third kappa shape index (κ3) is 2.81. The number of urea groups is 1. The second kappa shape index (κ2) is 4.43. The number of carbonyl (C=O) groups excluding carboxylic acids is 1. The Hall–Kier alpha value is -0.730. The average Bonchev–Trinajstić information content (AvgIpc) is 2.44. The lowest BCUT2D eigenvalue weighted by atomic mass is 9.65. The Balaban J connectivity index is 2.02. The number of nitrogens with zero attached hydrogens (tertiary/aromatic N) is 1. The molecule has 0 spiro atoms. The molecule has 2 aliphatic rings. The Morgan fingerprint density at radius 2 is 2.00 bits per heavy atom. The van der Waals surface area contributed by atoms with Crippen LogP contribution in [0.4, 0.5) is 4.79 Å². The van der Waals surface area contributed by atoms with Crippen molar-refractivity contribution >= 4 is 6.03 Å². The molecule has 18 heavy (non-hydrogen) atoms. The fourth-order valence-electron chi connectivity index (χ4n) is 4.09. The Morgan fingerprint density at radius 1 is 1.33 bits per heavy atom. The van der Waals surface area contributed by atoms with Crippen molar-refractivity contribution in [3.63, 3.8) is 0 Å². The number of hydrogen-bond donors (Lipinski definition) is 1. The Morgan fingerprint density at radius 3 is 2.61 bits per heavy atom. The van der Waals surface area contributed by atoms with Gasteiger partial charge in [0.15, 0.2) is 0 Å². The quantitative estimate of drug-likeness (QED) is 0.804. The van der Waals surface area contributed by atoms with E-state index in [-0.39, 0.29) is 6.03 Å². The minimum atomic E-state index is 0.148. The minimum absolute atomic E-state index is 0.148. The van der Waals surface area contributed by atoms with Gasteiger partial charge >= 0.3 is 6.03 Å². The SMILES string of the molecule is CC(C)CNC(=O)N1CC2(C)CC1CC(C)(C)C2. The van der Waals surface area contributed by atoms with Gasteiger partial charge in [0, 0.05) is 19.1 Å². The van der Waals surface area contributed by atoms with E-state index in [1.165, 1.54) is 12.8 Å². The molecule has 0 aromatic carbocycles. The van der Waals surface area contributed by atoms with E-state index in [2.05, 4.69) is 44.8 Å². The molecule has 2 atom stereocenters. The van der Waals surface area contributed by atoms with Crippen LogP contribution in [0.1, 0.15) is 53.9 Å². The van der Waals surface area contributed by atoms with E-state index < -0.39 is 0 Å². The number of nitrogens with one attached hydrogen (secondary N) is 1. The molecule has 0 aromatic heterocycles. The lowest BCUT2D eigenvalue weighted by Crippen LogP contribution is -2.44. The first-order valence-corrected chi connectivity index (χ1v) is 7.25. The molecule has 1 N–H and O–H groups in total. The topological polar surface area (TPSA) is 32.3 Å². The van der Waals surface area contributed by atoms with Crippen LogP contribution >= 0.6 is 0 Å². The highest BCUT2D eigenvalue weighted by atomic mass is 16.2. The van der Waals surface area contributed by atoms with Crippen molar-refractivity contribution in [2.45, 2.75) is 59.9 Å². The van der Waals surface area contributed by atoms with E-state index >= 15 is 0 Å². The van der Waals surface area contributed by atoms with Gasteiger partial charge in [-0.1, -0.05) is 34.6 Å². The van der Waals surface area contributed by atoms with Crippen LogP contribution in [0.2, 0.25) is 0 Å². The molecule has 1 saturated heterocycles. The van der Waals surface area contributed by atoms with Gasteiger partial charge in [-0.15, -0.1) is 0 Å². The van der Waals surface area contributed by atoms with Crippen LogP contribution in [0.25, 0.3) is 0 Å². The highest BCUT2D eigenvalue weighted by molar-refractivity contribution is 5.75. The van der Waals surface area contributed by atoms with E-state index in [1.54, 1.807) is 0 Å². The summed E-state index contributed by atoms with van der Waals surface area (Å²) >= 11 is 0. The average molecular weight is 252 g/mol. The monoisotopic (exact) mass is 252 g/mol. The minimum Gasteiger partial charge on any atom is -0.338 e. The zero-order chi connectivity index (χ0) is 13.6. The summed E-state index contributed by atoms with van der Waals surface area (Å²) in [5, 5.41) is 3.07. The second-order valence-corrected chi connectivity index (χ2v) is 7.92. The first kappa shape index (κ1) is 13.7. The van der Waals surface area contributed by atoms with E-state index in [0.29, 0.717) is 22.8 Å². The van der Waals surface area contributed by atoms with Crippen molar-refractivity contribution in [2.24, 2.45) is 16.7 Å². The third-order valence-corrected chi connectivity index (χ3v) is 4.34. The van der Waals surface area contributed by atoms with Gasteiger partial charge in [0.25, 0.3) is 0 Å². The molecule has 2 amide bonds. The molecule has 2 rings (SSSR count). The lowest BCUT2D eigenvalue weighted by molar-refractivity contribution is 0.129. The van der Waals surface area contributed by atoms with Gasteiger partial charge in [-0.25, -0.2) is 4.79 Å². The predicted octanol–water partition coefficient (Wildman–Crippen LogP) is 3.25. The van der Waals surface area contributed by atoms with Gasteiger partial charge in [-0.3, -0.25) is 0 Å². The van der Waals surface area contributed by atoms with Crippen LogP contribution in [-0.4, -0.2) is 30.1 Å². The van der Waals surface area contributed by atoms with Crippen molar-refractivity contribution in [1.29, 1.82) is 0 Å². The van der Waals surface area contributed by atoms with Gasteiger partial charge in [-0.05, 0) is 36.0 Å². The van der Waals surface area contributed by atoms with Crippen molar-refractivity contribution < 1.29 is 4.79 Å². The molecular weight excluding hydrogens is 224 g/mol. The van der Waals surface area contributed by atoms with E-state index in [4.69, 9.17) is 0 Å². The summed E-state index contributed by atoms with van der Waals surface area (Å²) in [4.78, 5) is 14.4. The maximum Gasteiger partial charge on any atom is 0.317 e. The molecule has 1 saturated carbocycles. The fraction of sp³-hybridized carbons (Fsp3) is 0.933. The number of hydrogen-bond acceptors (Lipinski definition) is 1. The summed E-state index contributed by atoms with van der Waals surface area (Å²) in [6.45, 7) is 13.0. The smallest absolute Gasteiger partial charge is 0.317 e.